The van der Waals surface area contributed by atoms with Gasteiger partial charge in [0.2, 0.25) is 0 Å². The number of imidazole rings is 1. The summed E-state index contributed by atoms with van der Waals surface area (Å²) in [5, 5.41) is 3.19. The highest BCUT2D eigenvalue weighted by molar-refractivity contribution is 5.95. The molecule has 0 spiro atoms. The summed E-state index contributed by atoms with van der Waals surface area (Å²) in [6.07, 6.45) is 1.72. The molecule has 2 aliphatic rings. The van der Waals surface area contributed by atoms with Gasteiger partial charge in [-0.15, -0.1) is 12.4 Å². The van der Waals surface area contributed by atoms with Crippen LogP contribution in [-0.2, 0) is 0 Å². The SMILES string of the molecule is CN1CC[C@@H](NC(=O)c2ccc3c(c2)OCCO3)C[C@@H]1c1nc2ccccc2[nH]1.Cl. The van der Waals surface area contributed by atoms with Gasteiger partial charge in [0.25, 0.3) is 5.91 Å². The number of para-hydroxylation sites is 2. The second-order valence-corrected chi connectivity index (χ2v) is 7.69. The van der Waals surface area contributed by atoms with Gasteiger partial charge < -0.3 is 19.8 Å². The number of nitrogens with zero attached hydrogens (tertiary/aromatic N) is 2. The Morgan fingerprint density at radius 2 is 1.97 bits per heavy atom. The van der Waals surface area contributed by atoms with E-state index in [-0.39, 0.29) is 30.4 Å². The van der Waals surface area contributed by atoms with Gasteiger partial charge in [0.15, 0.2) is 11.5 Å². The van der Waals surface area contributed by atoms with Crippen LogP contribution in [0, 0.1) is 0 Å². The van der Waals surface area contributed by atoms with Crippen molar-refractivity contribution in [3.63, 3.8) is 0 Å². The monoisotopic (exact) mass is 428 g/mol. The fourth-order valence-electron chi connectivity index (χ4n) is 4.12. The first kappa shape index (κ1) is 20.5. The fraction of sp³-hybridized carbons (Fsp3) is 0.364. The van der Waals surface area contributed by atoms with Crippen molar-refractivity contribution in [3.8, 4) is 11.5 Å². The molecule has 0 saturated carbocycles. The summed E-state index contributed by atoms with van der Waals surface area (Å²) in [6, 6.07) is 13.6. The molecule has 5 rings (SSSR count). The van der Waals surface area contributed by atoms with E-state index in [1.54, 1.807) is 18.2 Å². The first-order valence-electron chi connectivity index (χ1n) is 10.0. The van der Waals surface area contributed by atoms with Crippen LogP contribution < -0.4 is 14.8 Å². The minimum atomic E-state index is -0.0834. The van der Waals surface area contributed by atoms with Crippen molar-refractivity contribution in [2.24, 2.45) is 0 Å². The lowest BCUT2D eigenvalue weighted by Gasteiger charge is -2.36. The van der Waals surface area contributed by atoms with Gasteiger partial charge in [0.1, 0.15) is 19.0 Å². The maximum atomic E-state index is 12.8. The van der Waals surface area contributed by atoms with Crippen LogP contribution in [-0.4, -0.2) is 53.6 Å². The van der Waals surface area contributed by atoms with Crippen molar-refractivity contribution in [2.75, 3.05) is 26.8 Å². The predicted molar refractivity (Wildman–Crippen MR) is 117 cm³/mol. The van der Waals surface area contributed by atoms with Crippen molar-refractivity contribution in [1.82, 2.24) is 20.2 Å². The average molecular weight is 429 g/mol. The molecule has 1 fully saturated rings. The number of halogens is 1. The first-order chi connectivity index (χ1) is 14.2. The van der Waals surface area contributed by atoms with Crippen LogP contribution in [0.3, 0.4) is 0 Å². The molecule has 0 unspecified atom stereocenters. The zero-order valence-corrected chi connectivity index (χ0v) is 17.6. The Bertz CT molecular complexity index is 1020. The van der Waals surface area contributed by atoms with Crippen LogP contribution >= 0.6 is 12.4 Å². The molecule has 1 aromatic heterocycles. The van der Waals surface area contributed by atoms with Gasteiger partial charge in [0, 0.05) is 18.2 Å². The molecule has 2 aliphatic heterocycles. The summed E-state index contributed by atoms with van der Waals surface area (Å²) >= 11 is 0. The van der Waals surface area contributed by atoms with Crippen LogP contribution in [0.15, 0.2) is 42.5 Å². The largest absolute Gasteiger partial charge is 0.486 e. The van der Waals surface area contributed by atoms with Crippen LogP contribution in [0.5, 0.6) is 11.5 Å². The summed E-state index contributed by atoms with van der Waals surface area (Å²) in [7, 11) is 2.11. The van der Waals surface area contributed by atoms with Gasteiger partial charge in [-0.1, -0.05) is 12.1 Å². The van der Waals surface area contributed by atoms with Crippen molar-refractivity contribution in [1.29, 1.82) is 0 Å². The molecule has 3 aromatic rings. The molecule has 3 heterocycles. The Hall–Kier alpha value is -2.77. The molecule has 2 aromatic carbocycles. The van der Waals surface area contributed by atoms with Gasteiger partial charge in [0.05, 0.1) is 17.1 Å². The lowest BCUT2D eigenvalue weighted by atomic mass is 9.96. The molecule has 0 aliphatic carbocycles. The third-order valence-electron chi connectivity index (χ3n) is 5.73. The number of aromatic nitrogens is 2. The molecule has 8 heteroatoms. The Labute approximate surface area is 181 Å². The van der Waals surface area contributed by atoms with Gasteiger partial charge in [-0.25, -0.2) is 4.98 Å². The number of benzene rings is 2. The second kappa shape index (κ2) is 8.53. The number of rotatable bonds is 3. The van der Waals surface area contributed by atoms with Crippen molar-refractivity contribution in [2.45, 2.75) is 24.9 Å². The van der Waals surface area contributed by atoms with Gasteiger partial charge in [-0.3, -0.25) is 9.69 Å². The molecule has 2 N–H and O–H groups in total. The smallest absolute Gasteiger partial charge is 0.251 e. The third kappa shape index (κ3) is 3.95. The van der Waals surface area contributed by atoms with E-state index in [1.165, 1.54) is 0 Å². The number of H-pyrrole nitrogens is 1. The number of likely N-dealkylation sites (tertiary alicyclic amines) is 1. The van der Waals surface area contributed by atoms with E-state index in [4.69, 9.17) is 14.5 Å². The number of hydrogen-bond donors (Lipinski definition) is 2. The number of piperidine rings is 1. The van der Waals surface area contributed by atoms with E-state index in [0.717, 1.165) is 36.2 Å². The van der Waals surface area contributed by atoms with Gasteiger partial charge >= 0.3 is 0 Å². The lowest BCUT2D eigenvalue weighted by Crippen LogP contribution is -2.45. The number of fused-ring (bicyclic) bond motifs is 2. The van der Waals surface area contributed by atoms with E-state index in [1.807, 2.05) is 24.3 Å². The molecule has 7 nitrogen and oxygen atoms in total. The molecule has 158 valence electrons. The Morgan fingerprint density at radius 3 is 2.80 bits per heavy atom. The van der Waals surface area contributed by atoms with Crippen LogP contribution in [0.4, 0.5) is 0 Å². The lowest BCUT2D eigenvalue weighted by molar-refractivity contribution is 0.0883. The van der Waals surface area contributed by atoms with E-state index < -0.39 is 0 Å². The Kier molecular flexibility index (Phi) is 5.83. The summed E-state index contributed by atoms with van der Waals surface area (Å²) in [5.74, 6) is 2.19. The highest BCUT2D eigenvalue weighted by Gasteiger charge is 2.30. The highest BCUT2D eigenvalue weighted by atomic mass is 35.5. The summed E-state index contributed by atoms with van der Waals surface area (Å²) < 4.78 is 11.1. The van der Waals surface area contributed by atoms with Gasteiger partial charge in [-0.2, -0.15) is 0 Å². The Morgan fingerprint density at radius 1 is 1.17 bits per heavy atom. The van der Waals surface area contributed by atoms with Crippen LogP contribution in [0.1, 0.15) is 35.1 Å². The molecule has 0 bridgehead atoms. The number of carbonyl (C=O) groups excluding carboxylic acids is 1. The summed E-state index contributed by atoms with van der Waals surface area (Å²) in [6.45, 7) is 1.94. The van der Waals surface area contributed by atoms with Gasteiger partial charge in [-0.05, 0) is 50.2 Å². The molecule has 1 amide bonds. The molecular formula is C22H25ClN4O3. The summed E-state index contributed by atoms with van der Waals surface area (Å²) in [4.78, 5) is 23.3. The summed E-state index contributed by atoms with van der Waals surface area (Å²) in [5.41, 5.74) is 2.60. The van der Waals surface area contributed by atoms with E-state index in [0.29, 0.717) is 30.3 Å². The normalized spacial score (nSPS) is 21.1. The number of ether oxygens (including phenoxy) is 2. The molecule has 0 radical (unpaired) electrons. The molecule has 30 heavy (non-hydrogen) atoms. The number of aromatic amines is 1. The third-order valence-corrected chi connectivity index (χ3v) is 5.73. The minimum Gasteiger partial charge on any atom is -0.486 e. The van der Waals surface area contributed by atoms with Crippen LogP contribution in [0.2, 0.25) is 0 Å². The maximum Gasteiger partial charge on any atom is 0.251 e. The first-order valence-corrected chi connectivity index (χ1v) is 10.0. The predicted octanol–water partition coefficient (Wildman–Crippen LogP) is 3.32. The number of hydrogen-bond acceptors (Lipinski definition) is 5. The molecule has 1 saturated heterocycles. The van der Waals surface area contributed by atoms with Crippen molar-refractivity contribution in [3.05, 3.63) is 53.9 Å². The number of nitrogens with one attached hydrogen (secondary N) is 2. The highest BCUT2D eigenvalue weighted by Crippen LogP contribution is 2.32. The fourth-order valence-corrected chi connectivity index (χ4v) is 4.12. The number of carbonyl (C=O) groups is 1. The molecule has 2 atom stereocenters. The average Bonchev–Trinajstić information content (AvgIpc) is 3.18. The standard InChI is InChI=1S/C22H24N4O3.ClH/c1-26-9-8-15(13-18(26)21-24-16-4-2-3-5-17(16)25-21)23-22(27)14-6-7-19-20(12-14)29-11-10-28-19;/h2-7,12,15,18H,8-11,13H2,1H3,(H,23,27)(H,24,25);1H/t15-,18-;/m1./s1. The topological polar surface area (TPSA) is 79.5 Å². The quantitative estimate of drug-likeness (QED) is 0.669. The van der Waals surface area contributed by atoms with Crippen molar-refractivity contribution >= 4 is 29.3 Å². The second-order valence-electron chi connectivity index (χ2n) is 7.69. The molecular weight excluding hydrogens is 404 g/mol. The maximum absolute atomic E-state index is 12.8. The zero-order chi connectivity index (χ0) is 19.8. The van der Waals surface area contributed by atoms with Crippen LogP contribution in [0.25, 0.3) is 11.0 Å². The Balaban J connectivity index is 0.00000218. The van der Waals surface area contributed by atoms with E-state index in [9.17, 15) is 4.79 Å². The number of amides is 1. The zero-order valence-electron chi connectivity index (χ0n) is 16.8. The van der Waals surface area contributed by atoms with Crippen molar-refractivity contribution < 1.29 is 14.3 Å². The van der Waals surface area contributed by atoms with E-state index in [2.05, 4.69) is 22.2 Å². The van der Waals surface area contributed by atoms with E-state index >= 15 is 0 Å². The minimum absolute atomic E-state index is 0.